The van der Waals surface area contributed by atoms with Crippen molar-refractivity contribution in [2.45, 2.75) is 32.2 Å². The molecule has 0 saturated heterocycles. The van der Waals surface area contributed by atoms with Gasteiger partial charge in [-0.25, -0.2) is 14.4 Å². The number of rotatable bonds is 8. The van der Waals surface area contributed by atoms with Crippen LogP contribution in [0.25, 0.3) is 56.0 Å². The first-order chi connectivity index (χ1) is 20.1. The van der Waals surface area contributed by atoms with E-state index in [0.29, 0.717) is 33.9 Å². The third kappa shape index (κ3) is 5.04. The molecule has 0 radical (unpaired) electrons. The molecule has 6 aromatic rings. The fourth-order valence-electron chi connectivity index (χ4n) is 5.80. The molecule has 0 unspecified atom stereocenters. The third-order valence-electron chi connectivity index (χ3n) is 7.89. The summed E-state index contributed by atoms with van der Waals surface area (Å²) in [5.41, 5.74) is 8.03. The van der Waals surface area contributed by atoms with Crippen molar-refractivity contribution in [2.75, 3.05) is 13.7 Å². The number of imidazole rings is 1. The maximum atomic E-state index is 14.3. The molecule has 0 spiro atoms. The first kappa shape index (κ1) is 25.3. The molecule has 0 bridgehead atoms. The van der Waals surface area contributed by atoms with E-state index in [1.54, 1.807) is 6.07 Å². The number of ether oxygens (including phenoxy) is 1. The summed E-state index contributed by atoms with van der Waals surface area (Å²) >= 11 is 0. The molecule has 206 valence electrons. The lowest BCUT2D eigenvalue weighted by atomic mass is 10.0. The highest BCUT2D eigenvalue weighted by atomic mass is 19.1. The van der Waals surface area contributed by atoms with Crippen LogP contribution in [0.5, 0.6) is 5.75 Å². The largest absolute Gasteiger partial charge is 0.497 e. The number of aromatic amines is 2. The maximum absolute atomic E-state index is 14.3. The van der Waals surface area contributed by atoms with Crippen molar-refractivity contribution in [2.24, 2.45) is 5.92 Å². The number of H-pyrrole nitrogens is 2. The van der Waals surface area contributed by atoms with Gasteiger partial charge in [-0.1, -0.05) is 25.0 Å². The fourth-order valence-corrected chi connectivity index (χ4v) is 5.80. The second-order valence-electron chi connectivity index (χ2n) is 10.7. The van der Waals surface area contributed by atoms with E-state index in [-0.39, 0.29) is 5.82 Å². The third-order valence-corrected chi connectivity index (χ3v) is 7.89. The SMILES string of the molecule is COc1cc(F)cc(-c2cccc3[nH]c(-c4n[nH]c5ccc(-c6cncc(CNCC7CCCC7)c6)nc45)nc23)c1. The summed E-state index contributed by atoms with van der Waals surface area (Å²) < 4.78 is 19.6. The molecule has 1 fully saturated rings. The molecular weight excluding hydrogens is 517 g/mol. The Balaban J connectivity index is 1.21. The van der Waals surface area contributed by atoms with E-state index in [0.717, 1.165) is 52.4 Å². The highest BCUT2D eigenvalue weighted by Crippen LogP contribution is 2.33. The number of halogens is 1. The highest BCUT2D eigenvalue weighted by Gasteiger charge is 2.18. The number of hydrogen-bond acceptors (Lipinski definition) is 6. The number of pyridine rings is 2. The number of methoxy groups -OCH3 is 1. The number of hydrogen-bond donors (Lipinski definition) is 3. The number of nitrogens with zero attached hydrogens (tertiary/aromatic N) is 4. The molecule has 0 atom stereocenters. The van der Waals surface area contributed by atoms with Crippen LogP contribution in [0.2, 0.25) is 0 Å². The van der Waals surface area contributed by atoms with E-state index in [1.165, 1.54) is 44.9 Å². The number of nitrogens with one attached hydrogen (secondary N) is 3. The van der Waals surface area contributed by atoms with Gasteiger partial charge < -0.3 is 15.0 Å². The van der Waals surface area contributed by atoms with Crippen LogP contribution in [0.15, 0.2) is 67.0 Å². The van der Waals surface area contributed by atoms with E-state index in [9.17, 15) is 4.39 Å². The molecule has 0 amide bonds. The quantitative estimate of drug-likeness (QED) is 0.197. The number of aromatic nitrogens is 6. The van der Waals surface area contributed by atoms with E-state index in [4.69, 9.17) is 14.7 Å². The Labute approximate surface area is 236 Å². The summed E-state index contributed by atoms with van der Waals surface area (Å²) in [5, 5.41) is 11.2. The Morgan fingerprint density at radius 2 is 1.85 bits per heavy atom. The van der Waals surface area contributed by atoms with Crippen LogP contribution in [0, 0.1) is 11.7 Å². The van der Waals surface area contributed by atoms with Gasteiger partial charge >= 0.3 is 0 Å². The van der Waals surface area contributed by atoms with Crippen molar-refractivity contribution in [1.29, 1.82) is 0 Å². The van der Waals surface area contributed by atoms with Crippen molar-refractivity contribution in [1.82, 2.24) is 35.5 Å². The molecule has 4 aromatic heterocycles. The minimum Gasteiger partial charge on any atom is -0.497 e. The van der Waals surface area contributed by atoms with Gasteiger partial charge in [0.2, 0.25) is 0 Å². The van der Waals surface area contributed by atoms with E-state index in [1.807, 2.05) is 42.7 Å². The van der Waals surface area contributed by atoms with Crippen LogP contribution in [-0.4, -0.2) is 43.8 Å². The minimum absolute atomic E-state index is 0.370. The van der Waals surface area contributed by atoms with Gasteiger partial charge in [0.1, 0.15) is 17.1 Å². The predicted molar refractivity (Wildman–Crippen MR) is 158 cm³/mol. The summed E-state index contributed by atoms with van der Waals surface area (Å²) in [4.78, 5) is 17.7. The van der Waals surface area contributed by atoms with Crippen LogP contribution in [-0.2, 0) is 6.54 Å². The van der Waals surface area contributed by atoms with Gasteiger partial charge in [0.05, 0.1) is 29.4 Å². The molecule has 3 N–H and O–H groups in total. The first-order valence-corrected chi connectivity index (χ1v) is 14.0. The molecule has 9 heteroatoms. The molecule has 1 aliphatic rings. The molecule has 7 rings (SSSR count). The molecule has 8 nitrogen and oxygen atoms in total. The van der Waals surface area contributed by atoms with Crippen LogP contribution in [0.1, 0.15) is 31.2 Å². The van der Waals surface area contributed by atoms with Crippen molar-refractivity contribution in [3.8, 4) is 39.7 Å². The zero-order valence-corrected chi connectivity index (χ0v) is 22.7. The average Bonchev–Trinajstić information content (AvgIpc) is 3.76. The van der Waals surface area contributed by atoms with Crippen molar-refractivity contribution >= 4 is 22.1 Å². The van der Waals surface area contributed by atoms with E-state index < -0.39 is 0 Å². The summed E-state index contributed by atoms with van der Waals surface area (Å²) in [6.45, 7) is 1.84. The molecule has 2 aromatic carbocycles. The summed E-state index contributed by atoms with van der Waals surface area (Å²) in [7, 11) is 1.52. The van der Waals surface area contributed by atoms with Crippen molar-refractivity contribution in [3.63, 3.8) is 0 Å². The molecule has 1 saturated carbocycles. The topological polar surface area (TPSA) is 104 Å². The molecule has 1 aliphatic carbocycles. The van der Waals surface area contributed by atoms with E-state index in [2.05, 4.69) is 31.5 Å². The number of para-hydroxylation sites is 1. The van der Waals surface area contributed by atoms with Crippen LogP contribution < -0.4 is 10.1 Å². The van der Waals surface area contributed by atoms with Crippen molar-refractivity contribution in [3.05, 3.63) is 78.4 Å². The maximum Gasteiger partial charge on any atom is 0.161 e. The molecule has 0 aliphatic heterocycles. The summed E-state index contributed by atoms with van der Waals surface area (Å²) in [5.74, 6) is 1.45. The molecule has 4 heterocycles. The van der Waals surface area contributed by atoms with Crippen molar-refractivity contribution < 1.29 is 9.13 Å². The molecular formula is C32H30FN7O. The molecule has 41 heavy (non-hydrogen) atoms. The lowest BCUT2D eigenvalue weighted by molar-refractivity contribution is 0.411. The lowest BCUT2D eigenvalue weighted by Crippen LogP contribution is -2.20. The first-order valence-electron chi connectivity index (χ1n) is 14.0. The Morgan fingerprint density at radius 3 is 2.73 bits per heavy atom. The van der Waals surface area contributed by atoms with Crippen LogP contribution >= 0.6 is 0 Å². The second-order valence-corrected chi connectivity index (χ2v) is 10.7. The van der Waals surface area contributed by atoms with Gasteiger partial charge in [0, 0.05) is 36.1 Å². The minimum atomic E-state index is -0.370. The monoisotopic (exact) mass is 547 g/mol. The highest BCUT2D eigenvalue weighted by molar-refractivity contribution is 5.96. The zero-order chi connectivity index (χ0) is 27.8. The number of benzene rings is 2. The van der Waals surface area contributed by atoms with Crippen LogP contribution in [0.4, 0.5) is 4.39 Å². The Hall–Kier alpha value is -4.63. The Morgan fingerprint density at radius 1 is 0.951 bits per heavy atom. The van der Waals surface area contributed by atoms with E-state index >= 15 is 0 Å². The Bertz CT molecular complexity index is 1850. The van der Waals surface area contributed by atoms with Gasteiger partial charge in [-0.2, -0.15) is 5.10 Å². The fraction of sp³-hybridized carbons (Fsp3) is 0.250. The number of fused-ring (bicyclic) bond motifs is 2. The smallest absolute Gasteiger partial charge is 0.161 e. The lowest BCUT2D eigenvalue weighted by Gasteiger charge is -2.11. The predicted octanol–water partition coefficient (Wildman–Crippen LogP) is 6.66. The average molecular weight is 548 g/mol. The second kappa shape index (κ2) is 10.7. The van der Waals surface area contributed by atoms with Crippen LogP contribution in [0.3, 0.4) is 0 Å². The summed E-state index contributed by atoms with van der Waals surface area (Å²) in [6.07, 6.45) is 9.11. The standard InChI is InChI=1S/C32H30FN7O/c1-41-24-13-21(12-23(33)14-24)25-7-4-8-27-29(25)38-32(37-27)31-30-28(39-40-31)10-9-26(36-30)22-11-20(17-35-18-22)16-34-15-19-5-2-3-6-19/h4,7-14,17-19,34H,2-3,5-6,15-16H2,1H3,(H,37,38)(H,39,40). The normalized spacial score (nSPS) is 13.9. The zero-order valence-electron chi connectivity index (χ0n) is 22.7. The summed E-state index contributed by atoms with van der Waals surface area (Å²) in [6, 6.07) is 16.5. The van der Waals surface area contributed by atoms with Gasteiger partial charge in [-0.3, -0.25) is 10.1 Å². The van der Waals surface area contributed by atoms with Gasteiger partial charge in [0.15, 0.2) is 11.5 Å². The van der Waals surface area contributed by atoms with Gasteiger partial charge in [-0.05, 0) is 72.8 Å². The Kier molecular flexibility index (Phi) is 6.64. The van der Waals surface area contributed by atoms with Gasteiger partial charge in [0.25, 0.3) is 0 Å². The van der Waals surface area contributed by atoms with Gasteiger partial charge in [-0.15, -0.1) is 0 Å².